The molecule has 7 nitrogen and oxygen atoms in total. The van der Waals surface area contributed by atoms with Crippen LogP contribution in [0.2, 0.25) is 0 Å². The standard InChI is InChI=1S/C19H21N5O2/c1-22-11-9-13(20-19(22)26)12-24-10-5-8-16(24)17-21-15-7-4-3-6-14(15)18(25)23(17)2/h3-4,6-7,9,11,16H,5,8,10,12H2,1-2H3. The lowest BCUT2D eigenvalue weighted by atomic mass is 10.1. The van der Waals surface area contributed by atoms with Crippen molar-refractivity contribution in [2.24, 2.45) is 14.1 Å². The van der Waals surface area contributed by atoms with Crippen LogP contribution in [0.3, 0.4) is 0 Å². The van der Waals surface area contributed by atoms with E-state index in [0.717, 1.165) is 36.4 Å². The van der Waals surface area contributed by atoms with Gasteiger partial charge in [0.15, 0.2) is 0 Å². The SMILES string of the molecule is Cn1ccc(CN2CCCC2c2nc3ccccc3c(=O)n2C)nc1=O. The van der Waals surface area contributed by atoms with E-state index in [0.29, 0.717) is 11.9 Å². The van der Waals surface area contributed by atoms with E-state index in [1.54, 1.807) is 24.9 Å². The maximum absolute atomic E-state index is 12.7. The zero-order valence-electron chi connectivity index (χ0n) is 14.9. The number of fused-ring (bicyclic) bond motifs is 1. The van der Waals surface area contributed by atoms with Gasteiger partial charge in [0.1, 0.15) is 5.82 Å². The quantitative estimate of drug-likeness (QED) is 0.712. The first-order valence-electron chi connectivity index (χ1n) is 8.77. The van der Waals surface area contributed by atoms with Gasteiger partial charge in [-0.15, -0.1) is 0 Å². The largest absolute Gasteiger partial charge is 0.347 e. The van der Waals surface area contributed by atoms with Crippen molar-refractivity contribution in [3.63, 3.8) is 0 Å². The van der Waals surface area contributed by atoms with Crippen LogP contribution >= 0.6 is 0 Å². The van der Waals surface area contributed by atoms with Crippen LogP contribution in [-0.2, 0) is 20.6 Å². The molecule has 134 valence electrons. The lowest BCUT2D eigenvalue weighted by molar-refractivity contribution is 0.232. The minimum atomic E-state index is -0.255. The van der Waals surface area contributed by atoms with E-state index in [1.807, 2.05) is 30.3 Å². The summed E-state index contributed by atoms with van der Waals surface area (Å²) in [6, 6.07) is 9.35. The van der Waals surface area contributed by atoms with E-state index in [2.05, 4.69) is 9.88 Å². The highest BCUT2D eigenvalue weighted by molar-refractivity contribution is 5.77. The molecule has 7 heteroatoms. The molecule has 2 aromatic heterocycles. The molecule has 0 N–H and O–H groups in total. The Bertz CT molecular complexity index is 1090. The number of benzene rings is 1. The smallest absolute Gasteiger partial charge is 0.302 e. The minimum absolute atomic E-state index is 0.0239. The van der Waals surface area contributed by atoms with Gasteiger partial charge in [0.2, 0.25) is 0 Å². The number of aromatic nitrogens is 4. The second-order valence-corrected chi connectivity index (χ2v) is 6.79. The van der Waals surface area contributed by atoms with Crippen LogP contribution in [0, 0.1) is 0 Å². The second-order valence-electron chi connectivity index (χ2n) is 6.79. The molecule has 4 rings (SSSR count). The third-order valence-corrected chi connectivity index (χ3v) is 5.08. The highest BCUT2D eigenvalue weighted by Crippen LogP contribution is 2.31. The van der Waals surface area contributed by atoms with E-state index in [1.165, 1.54) is 4.57 Å². The molecule has 1 aliphatic heterocycles. The molecular weight excluding hydrogens is 330 g/mol. The van der Waals surface area contributed by atoms with Gasteiger partial charge in [-0.1, -0.05) is 12.1 Å². The molecule has 26 heavy (non-hydrogen) atoms. The summed E-state index contributed by atoms with van der Waals surface area (Å²) < 4.78 is 3.11. The van der Waals surface area contributed by atoms with Crippen LogP contribution in [0.1, 0.15) is 30.4 Å². The van der Waals surface area contributed by atoms with Crippen LogP contribution in [0.4, 0.5) is 0 Å². The summed E-state index contributed by atoms with van der Waals surface area (Å²) in [5.74, 6) is 0.773. The minimum Gasteiger partial charge on any atom is -0.302 e. The maximum atomic E-state index is 12.7. The molecule has 0 saturated carbocycles. The summed E-state index contributed by atoms with van der Waals surface area (Å²) in [6.45, 7) is 1.47. The van der Waals surface area contributed by atoms with Gasteiger partial charge in [0.05, 0.1) is 22.6 Å². The molecule has 1 aromatic carbocycles. The summed E-state index contributed by atoms with van der Waals surface area (Å²) in [4.78, 5) is 35.6. The van der Waals surface area contributed by atoms with Gasteiger partial charge in [-0.25, -0.2) is 9.78 Å². The zero-order valence-corrected chi connectivity index (χ0v) is 14.9. The van der Waals surface area contributed by atoms with Gasteiger partial charge in [-0.2, -0.15) is 4.98 Å². The van der Waals surface area contributed by atoms with Crippen molar-refractivity contribution in [3.05, 3.63) is 68.9 Å². The fourth-order valence-electron chi connectivity index (χ4n) is 3.64. The topological polar surface area (TPSA) is 73.0 Å². The Kier molecular flexibility index (Phi) is 4.16. The van der Waals surface area contributed by atoms with Gasteiger partial charge in [0, 0.05) is 26.8 Å². The Balaban J connectivity index is 1.71. The van der Waals surface area contributed by atoms with E-state index >= 15 is 0 Å². The summed E-state index contributed by atoms with van der Waals surface area (Å²) in [7, 11) is 3.47. The Morgan fingerprint density at radius 1 is 1.12 bits per heavy atom. The molecular formula is C19H21N5O2. The summed E-state index contributed by atoms with van der Waals surface area (Å²) in [6.07, 6.45) is 3.70. The van der Waals surface area contributed by atoms with Crippen LogP contribution < -0.4 is 11.2 Å². The van der Waals surface area contributed by atoms with E-state index < -0.39 is 0 Å². The van der Waals surface area contributed by atoms with E-state index in [9.17, 15) is 9.59 Å². The van der Waals surface area contributed by atoms with Crippen LogP contribution in [0.5, 0.6) is 0 Å². The average Bonchev–Trinajstić information content (AvgIpc) is 3.09. The highest BCUT2D eigenvalue weighted by Gasteiger charge is 2.30. The zero-order chi connectivity index (χ0) is 18.3. The molecule has 1 unspecified atom stereocenters. The molecule has 0 aliphatic carbocycles. The molecule has 3 aromatic rings. The predicted molar refractivity (Wildman–Crippen MR) is 98.8 cm³/mol. The van der Waals surface area contributed by atoms with Crippen LogP contribution in [0.15, 0.2) is 46.1 Å². The second kappa shape index (κ2) is 6.49. The van der Waals surface area contributed by atoms with E-state index in [-0.39, 0.29) is 17.3 Å². The number of hydrogen-bond acceptors (Lipinski definition) is 5. The van der Waals surface area contributed by atoms with Crippen molar-refractivity contribution < 1.29 is 0 Å². The van der Waals surface area contributed by atoms with Crippen molar-refractivity contribution in [2.45, 2.75) is 25.4 Å². The number of aryl methyl sites for hydroxylation is 1. The number of hydrogen-bond donors (Lipinski definition) is 0. The van der Waals surface area contributed by atoms with Gasteiger partial charge in [-0.3, -0.25) is 14.3 Å². The summed E-state index contributed by atoms with van der Waals surface area (Å²) >= 11 is 0. The Morgan fingerprint density at radius 2 is 1.92 bits per heavy atom. The van der Waals surface area contributed by atoms with Gasteiger partial charge in [0.25, 0.3) is 5.56 Å². The third-order valence-electron chi connectivity index (χ3n) is 5.08. The molecule has 0 spiro atoms. The molecule has 1 saturated heterocycles. The first kappa shape index (κ1) is 16.7. The molecule has 1 aliphatic rings. The number of nitrogens with zero attached hydrogens (tertiary/aromatic N) is 5. The van der Waals surface area contributed by atoms with Gasteiger partial charge < -0.3 is 4.57 Å². The van der Waals surface area contributed by atoms with Crippen LogP contribution in [0.25, 0.3) is 10.9 Å². The number of likely N-dealkylation sites (tertiary alicyclic amines) is 1. The lowest BCUT2D eigenvalue weighted by Gasteiger charge is -2.25. The molecule has 1 atom stereocenters. The predicted octanol–water partition coefficient (Wildman–Crippen LogP) is 1.36. The maximum Gasteiger partial charge on any atom is 0.347 e. The van der Waals surface area contributed by atoms with Crippen molar-refractivity contribution in [3.8, 4) is 0 Å². The fraction of sp³-hybridized carbons (Fsp3) is 0.368. The monoisotopic (exact) mass is 351 g/mol. The Labute approximate surface area is 150 Å². The first-order chi connectivity index (χ1) is 12.5. The third kappa shape index (κ3) is 2.84. The van der Waals surface area contributed by atoms with Gasteiger partial charge >= 0.3 is 5.69 Å². The van der Waals surface area contributed by atoms with Gasteiger partial charge in [-0.05, 0) is 37.6 Å². The van der Waals surface area contributed by atoms with E-state index in [4.69, 9.17) is 4.98 Å². The molecule has 3 heterocycles. The Hall–Kier alpha value is -2.80. The van der Waals surface area contributed by atoms with Crippen molar-refractivity contribution in [1.82, 2.24) is 24.0 Å². The first-order valence-corrected chi connectivity index (χ1v) is 8.77. The molecule has 1 fully saturated rings. The summed E-state index contributed by atoms with van der Waals surface area (Å²) in [5.41, 5.74) is 1.19. The lowest BCUT2D eigenvalue weighted by Crippen LogP contribution is -2.31. The molecule has 0 amide bonds. The normalized spacial score (nSPS) is 17.8. The Morgan fingerprint density at radius 3 is 2.73 bits per heavy atom. The molecule has 0 bridgehead atoms. The van der Waals surface area contributed by atoms with Crippen molar-refractivity contribution in [1.29, 1.82) is 0 Å². The number of rotatable bonds is 3. The van der Waals surface area contributed by atoms with Crippen molar-refractivity contribution in [2.75, 3.05) is 6.54 Å². The highest BCUT2D eigenvalue weighted by atomic mass is 16.1. The number of para-hydroxylation sites is 1. The average molecular weight is 351 g/mol. The summed E-state index contributed by atoms with van der Waals surface area (Å²) in [5, 5.41) is 0.636. The fourth-order valence-corrected chi connectivity index (χ4v) is 3.64. The molecule has 0 radical (unpaired) electrons. The van der Waals surface area contributed by atoms with Crippen molar-refractivity contribution >= 4 is 10.9 Å². The van der Waals surface area contributed by atoms with Crippen LogP contribution in [-0.4, -0.2) is 30.5 Å².